The number of benzene rings is 2. The van der Waals surface area contributed by atoms with E-state index >= 15 is 0 Å². The molecule has 3 aliphatic rings. The first kappa shape index (κ1) is 24.4. The lowest BCUT2D eigenvalue weighted by molar-refractivity contribution is -0.136. The van der Waals surface area contributed by atoms with E-state index in [9.17, 15) is 19.2 Å². The number of piperidine rings is 1. The lowest BCUT2D eigenvalue weighted by atomic mass is 10.0. The summed E-state index contributed by atoms with van der Waals surface area (Å²) < 4.78 is 5.39. The van der Waals surface area contributed by atoms with Crippen molar-refractivity contribution in [2.45, 2.75) is 38.5 Å². The van der Waals surface area contributed by atoms with Crippen LogP contribution in [0.25, 0.3) is 0 Å². The van der Waals surface area contributed by atoms with Crippen molar-refractivity contribution in [2.24, 2.45) is 0 Å². The molecule has 2 aromatic rings. The van der Waals surface area contributed by atoms with E-state index < -0.39 is 11.9 Å². The van der Waals surface area contributed by atoms with Crippen LogP contribution in [0.15, 0.2) is 36.4 Å². The molecule has 2 N–H and O–H groups in total. The number of hydrogen-bond donors (Lipinski definition) is 2. The molecule has 9 nitrogen and oxygen atoms in total. The molecule has 0 saturated carbocycles. The fraction of sp³-hybridized carbons (Fsp3) is 0.385. The summed E-state index contributed by atoms with van der Waals surface area (Å²) in [6.45, 7) is 4.28. The number of rotatable bonds is 6. The standard InChI is InChI=1S/C26H27ClN4O5/c27-21-4-2-17(12-19(21)14-30-7-9-36-10-8-30)24(33)28-13-16-1-3-20-18(11-16)15-31(26(20)35)22-5-6-23(32)29-25(22)34/h1-4,11-12,22H,5-10,13-15H2,(H,28,33)(H,29,32,34). The molecule has 3 aliphatic heterocycles. The Bertz CT molecular complexity index is 1230. The summed E-state index contributed by atoms with van der Waals surface area (Å²) in [4.78, 5) is 53.2. The van der Waals surface area contributed by atoms with E-state index in [2.05, 4.69) is 15.5 Å². The van der Waals surface area contributed by atoms with Crippen molar-refractivity contribution in [3.05, 3.63) is 69.2 Å². The van der Waals surface area contributed by atoms with Crippen LogP contribution in [0, 0.1) is 0 Å². The van der Waals surface area contributed by atoms with Crippen LogP contribution in [-0.2, 0) is 34.0 Å². The Morgan fingerprint density at radius 3 is 2.69 bits per heavy atom. The second-order valence-corrected chi connectivity index (χ2v) is 9.68. The van der Waals surface area contributed by atoms with Gasteiger partial charge in [0.25, 0.3) is 11.8 Å². The van der Waals surface area contributed by atoms with Crippen LogP contribution in [0.2, 0.25) is 5.02 Å². The fourth-order valence-electron chi connectivity index (χ4n) is 4.86. The Hall–Kier alpha value is -3.27. The van der Waals surface area contributed by atoms with Crippen LogP contribution in [0.4, 0.5) is 0 Å². The van der Waals surface area contributed by atoms with Gasteiger partial charge in [-0.2, -0.15) is 0 Å². The third kappa shape index (κ3) is 5.13. The molecule has 2 aromatic carbocycles. The Morgan fingerprint density at radius 2 is 1.92 bits per heavy atom. The molecule has 3 heterocycles. The summed E-state index contributed by atoms with van der Waals surface area (Å²) in [5, 5.41) is 5.87. The normalized spacial score (nSPS) is 20.3. The number of imide groups is 1. The zero-order valence-electron chi connectivity index (χ0n) is 19.7. The Kier molecular flexibility index (Phi) is 7.04. The molecular weight excluding hydrogens is 484 g/mol. The molecule has 0 spiro atoms. The lowest BCUT2D eigenvalue weighted by Crippen LogP contribution is -2.52. The molecule has 0 radical (unpaired) electrons. The van der Waals surface area contributed by atoms with Crippen molar-refractivity contribution in [1.82, 2.24) is 20.4 Å². The third-order valence-corrected chi connectivity index (χ3v) is 7.22. The summed E-state index contributed by atoms with van der Waals surface area (Å²) in [6.07, 6.45) is 0.536. The van der Waals surface area contributed by atoms with Crippen LogP contribution in [0.5, 0.6) is 0 Å². The maximum atomic E-state index is 12.9. The molecular formula is C26H27ClN4O5. The van der Waals surface area contributed by atoms with Gasteiger partial charge in [0.1, 0.15) is 6.04 Å². The van der Waals surface area contributed by atoms with E-state index in [0.29, 0.717) is 55.4 Å². The van der Waals surface area contributed by atoms with Crippen molar-refractivity contribution >= 4 is 35.2 Å². The maximum absolute atomic E-state index is 12.9. The lowest BCUT2D eigenvalue weighted by Gasteiger charge is -2.29. The average Bonchev–Trinajstić information content (AvgIpc) is 3.20. The number of amides is 4. The number of halogens is 1. The van der Waals surface area contributed by atoms with Gasteiger partial charge in [-0.3, -0.25) is 29.4 Å². The Morgan fingerprint density at radius 1 is 1.11 bits per heavy atom. The number of carbonyl (C=O) groups is 4. The van der Waals surface area contributed by atoms with Crippen molar-refractivity contribution in [1.29, 1.82) is 0 Å². The van der Waals surface area contributed by atoms with Gasteiger partial charge in [0.2, 0.25) is 11.8 Å². The molecule has 188 valence electrons. The zero-order chi connectivity index (χ0) is 25.2. The number of nitrogens with zero attached hydrogens (tertiary/aromatic N) is 2. The SMILES string of the molecule is O=C1CCC(N2Cc3cc(CNC(=O)c4ccc(Cl)c(CN5CCOCC5)c4)ccc3C2=O)C(=O)N1. The topological polar surface area (TPSA) is 108 Å². The van der Waals surface area contributed by atoms with E-state index in [1.165, 1.54) is 4.90 Å². The van der Waals surface area contributed by atoms with Crippen LogP contribution >= 0.6 is 11.6 Å². The largest absolute Gasteiger partial charge is 0.379 e. The minimum atomic E-state index is -0.651. The molecule has 1 unspecified atom stereocenters. The van der Waals surface area contributed by atoms with E-state index in [1.807, 2.05) is 12.1 Å². The highest BCUT2D eigenvalue weighted by atomic mass is 35.5. The number of hydrogen-bond acceptors (Lipinski definition) is 6. The molecule has 2 saturated heterocycles. The molecule has 0 aromatic heterocycles. The quantitative estimate of drug-likeness (QED) is 0.574. The second kappa shape index (κ2) is 10.4. The minimum Gasteiger partial charge on any atom is -0.379 e. The van der Waals surface area contributed by atoms with Gasteiger partial charge in [-0.25, -0.2) is 0 Å². The molecule has 2 fully saturated rings. The molecule has 5 rings (SSSR count). The van der Waals surface area contributed by atoms with Crippen LogP contribution in [-0.4, -0.2) is 65.8 Å². The highest BCUT2D eigenvalue weighted by Gasteiger charge is 2.39. The summed E-state index contributed by atoms with van der Waals surface area (Å²) in [5.41, 5.74) is 3.62. The molecule has 10 heteroatoms. The summed E-state index contributed by atoms with van der Waals surface area (Å²) >= 11 is 6.38. The van der Waals surface area contributed by atoms with Crippen LogP contribution in [0.1, 0.15) is 50.2 Å². The maximum Gasteiger partial charge on any atom is 0.255 e. The first-order valence-electron chi connectivity index (χ1n) is 12.0. The zero-order valence-corrected chi connectivity index (χ0v) is 20.5. The molecule has 0 bridgehead atoms. The van der Waals surface area contributed by atoms with Gasteiger partial charge in [-0.1, -0.05) is 23.7 Å². The second-order valence-electron chi connectivity index (χ2n) is 9.27. The molecule has 1 atom stereocenters. The van der Waals surface area contributed by atoms with Crippen LogP contribution < -0.4 is 10.6 Å². The Labute approximate surface area is 213 Å². The average molecular weight is 511 g/mol. The van der Waals surface area contributed by atoms with Gasteiger partial charge in [0.15, 0.2) is 0 Å². The van der Waals surface area contributed by atoms with Gasteiger partial charge < -0.3 is 15.0 Å². The predicted octanol–water partition coefficient (Wildman–Crippen LogP) is 1.86. The number of nitrogens with one attached hydrogen (secondary N) is 2. The Balaban J connectivity index is 1.22. The number of ether oxygens (including phenoxy) is 1. The monoisotopic (exact) mass is 510 g/mol. The van der Waals surface area contributed by atoms with Crippen molar-refractivity contribution in [2.75, 3.05) is 26.3 Å². The van der Waals surface area contributed by atoms with Gasteiger partial charge in [0.05, 0.1) is 13.2 Å². The smallest absolute Gasteiger partial charge is 0.255 e. The highest BCUT2D eigenvalue weighted by molar-refractivity contribution is 6.31. The molecule has 4 amide bonds. The summed E-state index contributed by atoms with van der Waals surface area (Å²) in [5.74, 6) is -1.18. The number of morpholine rings is 1. The van der Waals surface area contributed by atoms with Gasteiger partial charge in [-0.15, -0.1) is 0 Å². The molecule has 0 aliphatic carbocycles. The fourth-order valence-corrected chi connectivity index (χ4v) is 5.04. The summed E-state index contributed by atoms with van der Waals surface area (Å²) in [6, 6.07) is 10.0. The first-order valence-corrected chi connectivity index (χ1v) is 12.4. The van der Waals surface area contributed by atoms with E-state index in [4.69, 9.17) is 16.3 Å². The minimum absolute atomic E-state index is 0.211. The van der Waals surface area contributed by atoms with Crippen LogP contribution in [0.3, 0.4) is 0 Å². The number of fused-ring (bicyclic) bond motifs is 1. The van der Waals surface area contributed by atoms with Crippen molar-refractivity contribution in [3.8, 4) is 0 Å². The van der Waals surface area contributed by atoms with Gasteiger partial charge in [0, 0.05) is 55.3 Å². The van der Waals surface area contributed by atoms with Crippen molar-refractivity contribution < 1.29 is 23.9 Å². The first-order chi connectivity index (χ1) is 17.4. The van der Waals surface area contributed by atoms with E-state index in [1.54, 1.807) is 24.3 Å². The van der Waals surface area contributed by atoms with E-state index in [-0.39, 0.29) is 24.1 Å². The predicted molar refractivity (Wildman–Crippen MR) is 131 cm³/mol. The highest BCUT2D eigenvalue weighted by Crippen LogP contribution is 2.28. The van der Waals surface area contributed by atoms with E-state index in [0.717, 1.165) is 29.8 Å². The number of carbonyl (C=O) groups excluding carboxylic acids is 4. The third-order valence-electron chi connectivity index (χ3n) is 6.85. The molecule has 36 heavy (non-hydrogen) atoms. The van der Waals surface area contributed by atoms with Gasteiger partial charge in [-0.05, 0) is 47.4 Å². The van der Waals surface area contributed by atoms with Crippen molar-refractivity contribution in [3.63, 3.8) is 0 Å². The van der Waals surface area contributed by atoms with Gasteiger partial charge >= 0.3 is 0 Å². The summed E-state index contributed by atoms with van der Waals surface area (Å²) in [7, 11) is 0.